The van der Waals surface area contributed by atoms with Crippen LogP contribution in [0.25, 0.3) is 5.57 Å². The zero-order chi connectivity index (χ0) is 16.1. The Morgan fingerprint density at radius 1 is 0.957 bits per heavy atom. The highest BCUT2D eigenvalue weighted by Crippen LogP contribution is 2.37. The first-order valence-electron chi connectivity index (χ1n) is 8.58. The van der Waals surface area contributed by atoms with Gasteiger partial charge in [0.2, 0.25) is 0 Å². The number of aromatic nitrogens is 1. The standard InChI is InChI=1S/C21H26N2/c1-23(2)15-7-9-18-16-17-8-3-4-11-20(17)21(18)13-12-19-10-5-6-14-22-19/h3-6,8,10-11,14H,7,9,12-13,15-16H2,1-2H3. The van der Waals surface area contributed by atoms with E-state index in [9.17, 15) is 0 Å². The fourth-order valence-electron chi connectivity index (χ4n) is 3.45. The quantitative estimate of drug-likeness (QED) is 0.755. The molecule has 1 aromatic heterocycles. The molecule has 1 heterocycles. The van der Waals surface area contributed by atoms with Gasteiger partial charge in [-0.25, -0.2) is 0 Å². The second kappa shape index (κ2) is 7.56. The number of pyridine rings is 1. The first-order chi connectivity index (χ1) is 11.2. The molecule has 0 fully saturated rings. The predicted molar refractivity (Wildman–Crippen MR) is 97.4 cm³/mol. The molecule has 0 unspecified atom stereocenters. The van der Waals surface area contributed by atoms with Crippen LogP contribution in [-0.4, -0.2) is 30.5 Å². The second-order valence-corrected chi connectivity index (χ2v) is 6.64. The SMILES string of the molecule is CN(C)CCCC1=C(CCc2ccccn2)c2ccccc2C1. The summed E-state index contributed by atoms with van der Waals surface area (Å²) in [4.78, 5) is 6.75. The number of fused-ring (bicyclic) bond motifs is 1. The van der Waals surface area contributed by atoms with E-state index < -0.39 is 0 Å². The van der Waals surface area contributed by atoms with Gasteiger partial charge in [0.1, 0.15) is 0 Å². The van der Waals surface area contributed by atoms with Gasteiger partial charge >= 0.3 is 0 Å². The number of allylic oxidation sites excluding steroid dienone is 2. The number of aryl methyl sites for hydroxylation is 1. The van der Waals surface area contributed by atoms with E-state index >= 15 is 0 Å². The van der Waals surface area contributed by atoms with Crippen molar-refractivity contribution in [3.63, 3.8) is 0 Å². The van der Waals surface area contributed by atoms with Crippen LogP contribution < -0.4 is 0 Å². The lowest BCUT2D eigenvalue weighted by molar-refractivity contribution is 0.400. The fraction of sp³-hybridized carbons (Fsp3) is 0.381. The minimum atomic E-state index is 1.03. The van der Waals surface area contributed by atoms with Crippen LogP contribution in [0.4, 0.5) is 0 Å². The lowest BCUT2D eigenvalue weighted by Gasteiger charge is -2.11. The molecular weight excluding hydrogens is 280 g/mol. The van der Waals surface area contributed by atoms with E-state index in [1.807, 2.05) is 12.3 Å². The number of hydrogen-bond acceptors (Lipinski definition) is 2. The van der Waals surface area contributed by atoms with E-state index in [2.05, 4.69) is 60.4 Å². The molecule has 120 valence electrons. The maximum absolute atomic E-state index is 4.48. The molecule has 0 aliphatic heterocycles. The number of hydrogen-bond donors (Lipinski definition) is 0. The molecule has 0 saturated heterocycles. The summed E-state index contributed by atoms with van der Waals surface area (Å²) in [6.07, 6.45) is 7.62. The molecule has 2 heteroatoms. The minimum absolute atomic E-state index is 1.03. The highest BCUT2D eigenvalue weighted by atomic mass is 15.0. The van der Waals surface area contributed by atoms with E-state index in [1.54, 1.807) is 11.1 Å². The topological polar surface area (TPSA) is 16.1 Å². The first-order valence-corrected chi connectivity index (χ1v) is 8.58. The van der Waals surface area contributed by atoms with Crippen molar-refractivity contribution in [1.82, 2.24) is 9.88 Å². The van der Waals surface area contributed by atoms with Crippen molar-refractivity contribution in [3.05, 3.63) is 71.1 Å². The summed E-state index contributed by atoms with van der Waals surface area (Å²) in [5, 5.41) is 0. The Hall–Kier alpha value is -1.93. The van der Waals surface area contributed by atoms with Gasteiger partial charge in [-0.05, 0) is 81.6 Å². The Labute approximate surface area is 139 Å². The molecule has 0 amide bonds. The van der Waals surface area contributed by atoms with E-state index in [0.717, 1.165) is 25.8 Å². The summed E-state index contributed by atoms with van der Waals surface area (Å²) < 4.78 is 0. The summed E-state index contributed by atoms with van der Waals surface area (Å²) in [6.45, 7) is 1.16. The first kappa shape index (κ1) is 15.9. The summed E-state index contributed by atoms with van der Waals surface area (Å²) in [6, 6.07) is 15.1. The van der Waals surface area contributed by atoms with Gasteiger partial charge in [-0.3, -0.25) is 4.98 Å². The molecule has 23 heavy (non-hydrogen) atoms. The van der Waals surface area contributed by atoms with Gasteiger partial charge in [0.15, 0.2) is 0 Å². The molecule has 2 aromatic rings. The summed E-state index contributed by atoms with van der Waals surface area (Å²) in [7, 11) is 4.31. The van der Waals surface area contributed by atoms with E-state index in [-0.39, 0.29) is 0 Å². The third kappa shape index (κ3) is 4.08. The molecule has 0 atom stereocenters. The molecule has 1 aliphatic carbocycles. The van der Waals surface area contributed by atoms with Gasteiger partial charge in [0.25, 0.3) is 0 Å². The maximum Gasteiger partial charge on any atom is 0.0406 e. The highest BCUT2D eigenvalue weighted by molar-refractivity contribution is 5.76. The van der Waals surface area contributed by atoms with Crippen LogP contribution in [0.15, 0.2) is 54.2 Å². The van der Waals surface area contributed by atoms with Crippen molar-refractivity contribution < 1.29 is 0 Å². The number of benzene rings is 1. The monoisotopic (exact) mass is 306 g/mol. The van der Waals surface area contributed by atoms with Gasteiger partial charge in [-0.2, -0.15) is 0 Å². The van der Waals surface area contributed by atoms with Crippen LogP contribution in [0.2, 0.25) is 0 Å². The lowest BCUT2D eigenvalue weighted by Crippen LogP contribution is -2.13. The summed E-state index contributed by atoms with van der Waals surface area (Å²) >= 11 is 0. The highest BCUT2D eigenvalue weighted by Gasteiger charge is 2.20. The molecule has 2 nitrogen and oxygen atoms in total. The third-order valence-electron chi connectivity index (χ3n) is 4.61. The average Bonchev–Trinajstić information content (AvgIpc) is 2.91. The third-order valence-corrected chi connectivity index (χ3v) is 4.61. The summed E-state index contributed by atoms with van der Waals surface area (Å²) in [5.74, 6) is 0. The summed E-state index contributed by atoms with van der Waals surface area (Å²) in [5.41, 5.74) is 7.39. The Bertz CT molecular complexity index is 671. The zero-order valence-electron chi connectivity index (χ0n) is 14.3. The van der Waals surface area contributed by atoms with E-state index in [0.29, 0.717) is 0 Å². The van der Waals surface area contributed by atoms with Crippen LogP contribution in [0.5, 0.6) is 0 Å². The van der Waals surface area contributed by atoms with Crippen LogP contribution in [0, 0.1) is 0 Å². The maximum atomic E-state index is 4.48. The van der Waals surface area contributed by atoms with E-state index in [4.69, 9.17) is 0 Å². The number of rotatable bonds is 7. The Morgan fingerprint density at radius 2 is 1.78 bits per heavy atom. The van der Waals surface area contributed by atoms with Gasteiger partial charge in [-0.1, -0.05) is 35.9 Å². The fourth-order valence-corrected chi connectivity index (χ4v) is 3.45. The average molecular weight is 306 g/mol. The van der Waals surface area contributed by atoms with Crippen molar-refractivity contribution in [2.75, 3.05) is 20.6 Å². The molecule has 0 bridgehead atoms. The molecule has 0 N–H and O–H groups in total. The predicted octanol–water partition coefficient (Wildman–Crippen LogP) is 4.37. The van der Waals surface area contributed by atoms with Gasteiger partial charge in [0.05, 0.1) is 0 Å². The molecule has 0 spiro atoms. The minimum Gasteiger partial charge on any atom is -0.309 e. The second-order valence-electron chi connectivity index (χ2n) is 6.64. The molecule has 1 aromatic carbocycles. The van der Waals surface area contributed by atoms with Crippen LogP contribution in [0.1, 0.15) is 36.1 Å². The Kier molecular flexibility index (Phi) is 5.24. The van der Waals surface area contributed by atoms with Crippen molar-refractivity contribution in [2.45, 2.75) is 32.1 Å². The van der Waals surface area contributed by atoms with Crippen molar-refractivity contribution in [2.24, 2.45) is 0 Å². The van der Waals surface area contributed by atoms with Gasteiger partial charge in [0, 0.05) is 11.9 Å². The molecular formula is C21H26N2. The van der Waals surface area contributed by atoms with Gasteiger partial charge in [-0.15, -0.1) is 0 Å². The Balaban J connectivity index is 1.74. The molecule has 3 rings (SSSR count). The molecule has 0 saturated carbocycles. The largest absolute Gasteiger partial charge is 0.309 e. The van der Waals surface area contributed by atoms with Crippen LogP contribution >= 0.6 is 0 Å². The van der Waals surface area contributed by atoms with Crippen LogP contribution in [0.3, 0.4) is 0 Å². The zero-order valence-corrected chi connectivity index (χ0v) is 14.3. The van der Waals surface area contributed by atoms with Gasteiger partial charge < -0.3 is 4.90 Å². The van der Waals surface area contributed by atoms with Crippen LogP contribution in [-0.2, 0) is 12.8 Å². The molecule has 0 radical (unpaired) electrons. The van der Waals surface area contributed by atoms with E-state index in [1.165, 1.54) is 29.7 Å². The molecule has 1 aliphatic rings. The Morgan fingerprint density at radius 3 is 2.57 bits per heavy atom. The van der Waals surface area contributed by atoms with Crippen molar-refractivity contribution in [3.8, 4) is 0 Å². The lowest BCUT2D eigenvalue weighted by atomic mass is 9.98. The normalized spacial score (nSPS) is 13.7. The number of nitrogens with zero attached hydrogens (tertiary/aromatic N) is 2. The smallest absolute Gasteiger partial charge is 0.0406 e. The van der Waals surface area contributed by atoms with Crippen molar-refractivity contribution >= 4 is 5.57 Å². The van der Waals surface area contributed by atoms with Crippen molar-refractivity contribution in [1.29, 1.82) is 0 Å².